The minimum absolute atomic E-state index is 0.0680. The minimum atomic E-state index is -0.668. The first-order valence-electron chi connectivity index (χ1n) is 5.05. The van der Waals surface area contributed by atoms with Crippen molar-refractivity contribution in [1.82, 2.24) is 4.98 Å². The molecule has 0 saturated heterocycles. The van der Waals surface area contributed by atoms with Gasteiger partial charge in [-0.05, 0) is 18.8 Å². The van der Waals surface area contributed by atoms with Gasteiger partial charge in [-0.3, -0.25) is 10.1 Å². The fourth-order valence-corrected chi connectivity index (χ4v) is 1.42. The molecule has 1 aromatic heterocycles. The number of hydrogen-bond acceptors (Lipinski definition) is 5. The zero-order valence-corrected chi connectivity index (χ0v) is 9.51. The van der Waals surface area contributed by atoms with E-state index in [2.05, 4.69) is 4.98 Å². The molecule has 0 aromatic carbocycles. The molecule has 0 atom stereocenters. The third kappa shape index (κ3) is 2.91. The summed E-state index contributed by atoms with van der Waals surface area (Å²) in [5.41, 5.74) is -0.353. The summed E-state index contributed by atoms with van der Waals surface area (Å²) in [5, 5.41) is 10.4. The van der Waals surface area contributed by atoms with E-state index in [-0.39, 0.29) is 16.4 Å². The van der Waals surface area contributed by atoms with Crippen LogP contribution in [0.3, 0.4) is 0 Å². The Bertz CT molecular complexity index is 473. The number of carbonyl (C=O) groups is 1. The Morgan fingerprint density at radius 2 is 2.35 bits per heavy atom. The molecule has 0 spiro atoms. The zero-order valence-electron chi connectivity index (χ0n) is 8.76. The first-order chi connectivity index (χ1) is 8.08. The second-order valence-electron chi connectivity index (χ2n) is 3.83. The Hall–Kier alpha value is -1.69. The average molecular weight is 257 g/mol. The number of ether oxygens (including phenoxy) is 1. The predicted molar refractivity (Wildman–Crippen MR) is 58.9 cm³/mol. The largest absolute Gasteiger partial charge is 0.462 e. The molecule has 1 aromatic rings. The van der Waals surface area contributed by atoms with Gasteiger partial charge in [-0.25, -0.2) is 9.78 Å². The Balaban J connectivity index is 2.13. The van der Waals surface area contributed by atoms with Crippen molar-refractivity contribution in [1.29, 1.82) is 0 Å². The van der Waals surface area contributed by atoms with E-state index in [1.54, 1.807) is 0 Å². The third-order valence-corrected chi connectivity index (χ3v) is 2.70. The van der Waals surface area contributed by atoms with E-state index in [1.807, 2.05) is 0 Å². The molecule has 1 aliphatic carbocycles. The van der Waals surface area contributed by atoms with Crippen LogP contribution in [0.2, 0.25) is 5.15 Å². The van der Waals surface area contributed by atoms with Gasteiger partial charge in [0.15, 0.2) is 0 Å². The van der Waals surface area contributed by atoms with Crippen molar-refractivity contribution in [2.24, 2.45) is 5.92 Å². The predicted octanol–water partition coefficient (Wildman–Crippen LogP) is 2.21. The highest BCUT2D eigenvalue weighted by molar-refractivity contribution is 6.32. The minimum Gasteiger partial charge on any atom is -0.462 e. The van der Waals surface area contributed by atoms with Crippen molar-refractivity contribution < 1.29 is 14.5 Å². The molecule has 0 N–H and O–H groups in total. The van der Waals surface area contributed by atoms with Crippen molar-refractivity contribution in [3.63, 3.8) is 0 Å². The monoisotopic (exact) mass is 256 g/mol. The number of hydrogen-bond donors (Lipinski definition) is 0. The number of pyridine rings is 1. The van der Waals surface area contributed by atoms with E-state index >= 15 is 0 Å². The summed E-state index contributed by atoms with van der Waals surface area (Å²) < 4.78 is 4.98. The summed E-state index contributed by atoms with van der Waals surface area (Å²) in [5.74, 6) is -0.248. The summed E-state index contributed by atoms with van der Waals surface area (Å²) in [7, 11) is 0. The molecule has 2 rings (SSSR count). The number of nitro groups is 1. The Morgan fingerprint density at radius 1 is 1.65 bits per heavy atom. The van der Waals surface area contributed by atoms with Gasteiger partial charge in [-0.15, -0.1) is 0 Å². The number of esters is 1. The molecule has 0 amide bonds. The average Bonchev–Trinajstić information content (AvgIpc) is 3.10. The number of nitrogens with zero attached hydrogens (tertiary/aromatic N) is 2. The number of carbonyl (C=O) groups excluding carboxylic acids is 1. The van der Waals surface area contributed by atoms with E-state index in [0.717, 1.165) is 25.1 Å². The first-order valence-corrected chi connectivity index (χ1v) is 5.43. The molecule has 90 valence electrons. The molecular weight excluding hydrogens is 248 g/mol. The molecule has 0 radical (unpaired) electrons. The molecule has 0 bridgehead atoms. The van der Waals surface area contributed by atoms with Crippen LogP contribution in [-0.2, 0) is 4.74 Å². The topological polar surface area (TPSA) is 82.3 Å². The second-order valence-corrected chi connectivity index (χ2v) is 4.19. The Kier molecular flexibility index (Phi) is 3.23. The van der Waals surface area contributed by atoms with Crippen LogP contribution >= 0.6 is 11.6 Å². The normalized spacial score (nSPS) is 14.4. The molecule has 1 saturated carbocycles. The fourth-order valence-electron chi connectivity index (χ4n) is 1.24. The highest BCUT2D eigenvalue weighted by Crippen LogP contribution is 2.29. The van der Waals surface area contributed by atoms with Crippen molar-refractivity contribution >= 4 is 23.3 Å². The fraction of sp³-hybridized carbons (Fsp3) is 0.400. The van der Waals surface area contributed by atoms with Crippen molar-refractivity contribution in [2.75, 3.05) is 6.61 Å². The molecule has 6 nitrogen and oxygen atoms in total. The van der Waals surface area contributed by atoms with Crippen LogP contribution in [0.25, 0.3) is 0 Å². The van der Waals surface area contributed by atoms with Gasteiger partial charge < -0.3 is 4.74 Å². The van der Waals surface area contributed by atoms with Gasteiger partial charge >= 0.3 is 5.97 Å². The molecule has 1 heterocycles. The zero-order chi connectivity index (χ0) is 12.4. The van der Waals surface area contributed by atoms with E-state index in [0.29, 0.717) is 12.5 Å². The maximum absolute atomic E-state index is 11.6. The summed E-state index contributed by atoms with van der Waals surface area (Å²) in [6.07, 6.45) is 3.10. The molecule has 1 aliphatic rings. The quantitative estimate of drug-likeness (QED) is 0.357. The first kappa shape index (κ1) is 11.8. The van der Waals surface area contributed by atoms with Gasteiger partial charge in [0.2, 0.25) is 0 Å². The van der Waals surface area contributed by atoms with Gasteiger partial charge in [0.25, 0.3) is 5.69 Å². The molecule has 1 fully saturated rings. The summed E-state index contributed by atoms with van der Waals surface area (Å²) in [4.78, 5) is 25.1. The van der Waals surface area contributed by atoms with Crippen LogP contribution in [0.15, 0.2) is 12.3 Å². The van der Waals surface area contributed by atoms with E-state index in [1.165, 1.54) is 0 Å². The highest BCUT2D eigenvalue weighted by Gasteiger charge is 2.25. The lowest BCUT2D eigenvalue weighted by atomic mass is 10.2. The van der Waals surface area contributed by atoms with Gasteiger partial charge in [0, 0.05) is 6.07 Å². The summed E-state index contributed by atoms with van der Waals surface area (Å²) >= 11 is 5.69. The van der Waals surface area contributed by atoms with Crippen LogP contribution < -0.4 is 0 Å². The maximum Gasteiger partial charge on any atom is 0.341 e. The maximum atomic E-state index is 11.6. The highest BCUT2D eigenvalue weighted by atomic mass is 35.5. The second kappa shape index (κ2) is 4.67. The van der Waals surface area contributed by atoms with Crippen LogP contribution in [-0.4, -0.2) is 22.5 Å². The molecular formula is C10H9ClN2O4. The molecule has 7 heteroatoms. The van der Waals surface area contributed by atoms with E-state index in [9.17, 15) is 14.9 Å². The molecule has 0 aliphatic heterocycles. The van der Waals surface area contributed by atoms with Crippen molar-refractivity contribution in [2.45, 2.75) is 12.8 Å². The van der Waals surface area contributed by atoms with Crippen molar-refractivity contribution in [3.05, 3.63) is 33.1 Å². The molecule has 17 heavy (non-hydrogen) atoms. The van der Waals surface area contributed by atoms with Crippen molar-refractivity contribution in [3.8, 4) is 0 Å². The van der Waals surface area contributed by atoms with Gasteiger partial charge in [-0.2, -0.15) is 0 Å². The Labute approximate surface area is 102 Å². The number of aromatic nitrogens is 1. The van der Waals surface area contributed by atoms with Gasteiger partial charge in [0.1, 0.15) is 16.9 Å². The van der Waals surface area contributed by atoms with E-state index in [4.69, 9.17) is 16.3 Å². The van der Waals surface area contributed by atoms with E-state index < -0.39 is 10.9 Å². The lowest BCUT2D eigenvalue weighted by Crippen LogP contribution is -2.09. The van der Waals surface area contributed by atoms with Crippen LogP contribution in [0.1, 0.15) is 23.2 Å². The van der Waals surface area contributed by atoms with Crippen LogP contribution in [0.4, 0.5) is 5.69 Å². The number of rotatable bonds is 4. The third-order valence-electron chi connectivity index (χ3n) is 2.40. The number of halogens is 1. The SMILES string of the molecule is O=C(OCC1CC1)c1cc([N+](=O)[O-])cnc1Cl. The summed E-state index contributed by atoms with van der Waals surface area (Å²) in [6, 6.07) is 1.07. The lowest BCUT2D eigenvalue weighted by Gasteiger charge is -2.04. The van der Waals surface area contributed by atoms with Crippen LogP contribution in [0.5, 0.6) is 0 Å². The van der Waals surface area contributed by atoms with Crippen LogP contribution in [0, 0.1) is 16.0 Å². The van der Waals surface area contributed by atoms with Gasteiger partial charge in [0.05, 0.1) is 11.5 Å². The Morgan fingerprint density at radius 3 is 2.94 bits per heavy atom. The summed E-state index contributed by atoms with van der Waals surface area (Å²) in [6.45, 7) is 0.331. The smallest absolute Gasteiger partial charge is 0.341 e. The lowest BCUT2D eigenvalue weighted by molar-refractivity contribution is -0.385. The standard InChI is InChI=1S/C10H9ClN2O4/c11-9-8(3-7(4-12-9)13(15)16)10(14)17-5-6-1-2-6/h3-4,6H,1-2,5H2. The van der Waals surface area contributed by atoms with Gasteiger partial charge in [-0.1, -0.05) is 11.6 Å². The molecule has 0 unspecified atom stereocenters.